The zero-order valence-corrected chi connectivity index (χ0v) is 19.6. The maximum absolute atomic E-state index is 13.6. The minimum atomic E-state index is 0.0372. The van der Waals surface area contributed by atoms with Crippen molar-refractivity contribution in [3.8, 4) is 5.00 Å². The Morgan fingerprint density at radius 3 is 2.68 bits per heavy atom. The third-order valence-electron chi connectivity index (χ3n) is 5.73. The second-order valence-electron chi connectivity index (χ2n) is 7.84. The van der Waals surface area contributed by atoms with Crippen LogP contribution in [0.5, 0.6) is 0 Å². The number of aromatic nitrogens is 1. The fraction of sp³-hybridized carbons (Fsp3) is 0.545. The van der Waals surface area contributed by atoms with Gasteiger partial charge in [0.25, 0.3) is 5.91 Å². The second-order valence-corrected chi connectivity index (χ2v) is 10.0. The van der Waals surface area contributed by atoms with Gasteiger partial charge in [-0.05, 0) is 36.3 Å². The summed E-state index contributed by atoms with van der Waals surface area (Å²) in [5.74, 6) is 2.24. The summed E-state index contributed by atoms with van der Waals surface area (Å²) in [6, 6.07) is 4.00. The van der Waals surface area contributed by atoms with Gasteiger partial charge in [0.1, 0.15) is 5.00 Å². The van der Waals surface area contributed by atoms with Crippen molar-refractivity contribution in [1.82, 2.24) is 19.7 Å². The number of hydrogen-bond donors (Lipinski definition) is 1. The van der Waals surface area contributed by atoms with E-state index in [0.29, 0.717) is 32.8 Å². The van der Waals surface area contributed by atoms with Crippen molar-refractivity contribution in [2.75, 3.05) is 58.7 Å². The Kier molecular flexibility index (Phi) is 7.71. The van der Waals surface area contributed by atoms with Gasteiger partial charge in [0.15, 0.2) is 0 Å². The molecular weight excluding hydrogens is 432 g/mol. The van der Waals surface area contributed by atoms with E-state index in [2.05, 4.69) is 14.8 Å². The predicted octanol–water partition coefficient (Wildman–Crippen LogP) is 2.24. The van der Waals surface area contributed by atoms with E-state index in [4.69, 9.17) is 4.74 Å². The lowest BCUT2D eigenvalue weighted by Gasteiger charge is -2.34. The van der Waals surface area contributed by atoms with E-state index in [0.717, 1.165) is 48.0 Å². The van der Waals surface area contributed by atoms with Crippen LogP contribution in [-0.2, 0) is 21.7 Å². The lowest BCUT2D eigenvalue weighted by atomic mass is 10.1. The fourth-order valence-electron chi connectivity index (χ4n) is 4.06. The van der Waals surface area contributed by atoms with Gasteiger partial charge in [0.05, 0.1) is 12.1 Å². The molecule has 0 aromatic carbocycles. The molecule has 1 fully saturated rings. The summed E-state index contributed by atoms with van der Waals surface area (Å²) in [4.78, 5) is 31.1. The van der Waals surface area contributed by atoms with Gasteiger partial charge in [-0.3, -0.25) is 14.5 Å². The molecule has 0 unspecified atom stereocenters. The van der Waals surface area contributed by atoms with Gasteiger partial charge in [-0.15, -0.1) is 11.3 Å². The van der Waals surface area contributed by atoms with Crippen LogP contribution in [0.1, 0.15) is 27.2 Å². The molecule has 1 saturated heterocycles. The van der Waals surface area contributed by atoms with Crippen molar-refractivity contribution >= 4 is 34.9 Å². The number of piperazine rings is 1. The Balaban J connectivity index is 1.38. The normalized spacial score (nSPS) is 16.9. The first-order valence-electron chi connectivity index (χ1n) is 10.8. The summed E-state index contributed by atoms with van der Waals surface area (Å²) in [6.45, 7) is 4.41. The molecule has 2 aliphatic rings. The Morgan fingerprint density at radius 1 is 1.16 bits per heavy atom. The molecule has 0 atom stereocenters. The molecule has 0 aliphatic carbocycles. The lowest BCUT2D eigenvalue weighted by Crippen LogP contribution is -2.51. The molecule has 31 heavy (non-hydrogen) atoms. The number of carbonyl (C=O) groups excluding carboxylic acids is 2. The largest absolute Gasteiger partial charge is 0.385 e. The summed E-state index contributed by atoms with van der Waals surface area (Å²) in [7, 11) is 1.66. The number of thioether (sulfide) groups is 1. The number of methoxy groups -OCH3 is 1. The molecule has 9 heteroatoms. The van der Waals surface area contributed by atoms with Crippen LogP contribution in [0.4, 0.5) is 0 Å². The van der Waals surface area contributed by atoms with Crippen LogP contribution in [0, 0.1) is 0 Å². The third-order valence-corrected chi connectivity index (χ3v) is 8.14. The maximum atomic E-state index is 13.6. The van der Waals surface area contributed by atoms with E-state index in [1.54, 1.807) is 18.4 Å². The van der Waals surface area contributed by atoms with Crippen molar-refractivity contribution in [2.45, 2.75) is 18.6 Å². The average molecular weight is 463 g/mol. The Bertz CT molecular complexity index is 889. The van der Waals surface area contributed by atoms with E-state index >= 15 is 0 Å². The van der Waals surface area contributed by atoms with Gasteiger partial charge in [0, 0.05) is 69.5 Å². The summed E-state index contributed by atoms with van der Waals surface area (Å²) in [5.41, 5.74) is 2.14. The molecule has 1 N–H and O–H groups in total. The minimum absolute atomic E-state index is 0.0372. The van der Waals surface area contributed by atoms with Crippen LogP contribution < -0.4 is 5.32 Å². The van der Waals surface area contributed by atoms with Crippen LogP contribution in [0.25, 0.3) is 5.00 Å². The van der Waals surface area contributed by atoms with Crippen molar-refractivity contribution in [1.29, 1.82) is 0 Å². The van der Waals surface area contributed by atoms with Crippen LogP contribution in [0.15, 0.2) is 24.5 Å². The molecule has 7 nitrogen and oxygen atoms in total. The average Bonchev–Trinajstić information content (AvgIpc) is 3.44. The van der Waals surface area contributed by atoms with Crippen LogP contribution in [0.3, 0.4) is 0 Å². The summed E-state index contributed by atoms with van der Waals surface area (Å²) in [5, 5.41) is 3.98. The molecule has 0 bridgehead atoms. The number of amides is 2. The Morgan fingerprint density at radius 2 is 1.94 bits per heavy atom. The second kappa shape index (κ2) is 10.7. The quantitative estimate of drug-likeness (QED) is 0.610. The minimum Gasteiger partial charge on any atom is -0.385 e. The highest BCUT2D eigenvalue weighted by Gasteiger charge is 2.31. The highest BCUT2D eigenvalue weighted by atomic mass is 32.2. The molecule has 4 rings (SSSR count). The standard InChI is InChI=1S/C22H30N4O3S2/c1-29-13-4-6-23-19(27)15-24-9-11-25(12-10-24)21(28)20-17-5-14-30-16-18(17)31-22(20)26-7-2-3-8-26/h2-3,7-8H,4-6,9-16H2,1H3,(H,23,27). The monoisotopic (exact) mass is 462 g/mol. The van der Waals surface area contributed by atoms with Crippen molar-refractivity contribution in [2.24, 2.45) is 0 Å². The number of rotatable bonds is 8. The number of nitrogens with one attached hydrogen (secondary N) is 1. The van der Waals surface area contributed by atoms with E-state index in [-0.39, 0.29) is 11.8 Å². The van der Waals surface area contributed by atoms with Gasteiger partial charge in [-0.2, -0.15) is 11.8 Å². The number of hydrogen-bond acceptors (Lipinski definition) is 6. The van der Waals surface area contributed by atoms with Gasteiger partial charge in [0.2, 0.25) is 5.91 Å². The Labute approximate surface area is 191 Å². The first-order chi connectivity index (χ1) is 15.2. The molecule has 0 spiro atoms. The zero-order valence-electron chi connectivity index (χ0n) is 18.0. The SMILES string of the molecule is COCCCNC(=O)CN1CCN(C(=O)c2c(-n3cccc3)sc3c2CCSC3)CC1. The van der Waals surface area contributed by atoms with Gasteiger partial charge < -0.3 is 19.5 Å². The van der Waals surface area contributed by atoms with Gasteiger partial charge in [-0.1, -0.05) is 0 Å². The molecule has 4 heterocycles. The first kappa shape index (κ1) is 22.4. The number of carbonyl (C=O) groups is 2. The van der Waals surface area contributed by atoms with Crippen LogP contribution in [0.2, 0.25) is 0 Å². The van der Waals surface area contributed by atoms with E-state index in [1.165, 1.54) is 10.4 Å². The predicted molar refractivity (Wildman–Crippen MR) is 125 cm³/mol. The molecule has 0 radical (unpaired) electrons. The molecule has 2 amide bonds. The zero-order chi connectivity index (χ0) is 21.6. The summed E-state index contributed by atoms with van der Waals surface area (Å²) < 4.78 is 7.08. The number of ether oxygens (including phenoxy) is 1. The highest BCUT2D eigenvalue weighted by molar-refractivity contribution is 7.98. The third kappa shape index (κ3) is 5.34. The lowest BCUT2D eigenvalue weighted by molar-refractivity contribution is -0.122. The highest BCUT2D eigenvalue weighted by Crippen LogP contribution is 2.39. The van der Waals surface area contributed by atoms with Crippen molar-refractivity contribution in [3.63, 3.8) is 0 Å². The van der Waals surface area contributed by atoms with Gasteiger partial charge >= 0.3 is 0 Å². The van der Waals surface area contributed by atoms with E-state index in [9.17, 15) is 9.59 Å². The van der Waals surface area contributed by atoms with Crippen LogP contribution >= 0.6 is 23.1 Å². The molecule has 2 aliphatic heterocycles. The molecule has 0 saturated carbocycles. The molecular formula is C22H30N4O3S2. The fourth-order valence-corrected chi connectivity index (χ4v) is 6.50. The number of thiophene rings is 1. The van der Waals surface area contributed by atoms with Crippen LogP contribution in [-0.4, -0.2) is 84.9 Å². The topological polar surface area (TPSA) is 66.8 Å². The van der Waals surface area contributed by atoms with E-state index in [1.807, 2.05) is 41.2 Å². The molecule has 168 valence electrons. The molecule has 2 aromatic rings. The summed E-state index contributed by atoms with van der Waals surface area (Å²) in [6.07, 6.45) is 5.81. The maximum Gasteiger partial charge on any atom is 0.257 e. The van der Waals surface area contributed by atoms with E-state index < -0.39 is 0 Å². The Hall–Kier alpha value is -1.81. The number of nitrogens with zero attached hydrogens (tertiary/aromatic N) is 3. The summed E-state index contributed by atoms with van der Waals surface area (Å²) >= 11 is 3.70. The van der Waals surface area contributed by atoms with Crippen molar-refractivity contribution in [3.05, 3.63) is 40.5 Å². The smallest absolute Gasteiger partial charge is 0.257 e. The van der Waals surface area contributed by atoms with Gasteiger partial charge in [-0.25, -0.2) is 0 Å². The number of fused-ring (bicyclic) bond motifs is 1. The van der Waals surface area contributed by atoms with Crippen molar-refractivity contribution < 1.29 is 14.3 Å². The first-order valence-corrected chi connectivity index (χ1v) is 12.8. The molecule has 2 aromatic heterocycles.